The lowest BCUT2D eigenvalue weighted by Crippen LogP contribution is -2.48. The molecule has 0 unspecified atom stereocenters. The molecule has 26 heavy (non-hydrogen) atoms. The highest BCUT2D eigenvalue weighted by molar-refractivity contribution is 5.96. The van der Waals surface area contributed by atoms with E-state index in [9.17, 15) is 9.59 Å². The van der Waals surface area contributed by atoms with Crippen LogP contribution in [0.15, 0.2) is 42.7 Å². The van der Waals surface area contributed by atoms with Crippen LogP contribution in [-0.4, -0.2) is 64.3 Å². The van der Waals surface area contributed by atoms with Gasteiger partial charge >= 0.3 is 0 Å². The first-order valence-corrected chi connectivity index (χ1v) is 8.83. The third-order valence-electron chi connectivity index (χ3n) is 4.48. The number of hydrogen-bond acceptors (Lipinski definition) is 5. The minimum absolute atomic E-state index is 0.123. The molecule has 0 atom stereocenters. The molecule has 136 valence electrons. The van der Waals surface area contributed by atoms with Gasteiger partial charge in [0.1, 0.15) is 11.4 Å². The number of hydrogen-bond donors (Lipinski definition) is 1. The van der Waals surface area contributed by atoms with Crippen LogP contribution >= 0.6 is 0 Å². The molecule has 7 nitrogen and oxygen atoms in total. The second-order valence-electron chi connectivity index (χ2n) is 6.18. The fourth-order valence-corrected chi connectivity index (χ4v) is 2.89. The van der Waals surface area contributed by atoms with Gasteiger partial charge in [0.2, 0.25) is 0 Å². The molecule has 0 bridgehead atoms. The van der Waals surface area contributed by atoms with Crippen LogP contribution in [0.4, 0.5) is 0 Å². The van der Waals surface area contributed by atoms with Gasteiger partial charge in [0.25, 0.3) is 11.8 Å². The van der Waals surface area contributed by atoms with Crippen molar-refractivity contribution in [2.24, 2.45) is 0 Å². The summed E-state index contributed by atoms with van der Waals surface area (Å²) in [6, 6.07) is 8.67. The number of nitrogens with zero attached hydrogens (tertiary/aromatic N) is 4. The fourth-order valence-electron chi connectivity index (χ4n) is 2.89. The molecule has 1 saturated heterocycles. The van der Waals surface area contributed by atoms with Crippen molar-refractivity contribution in [2.45, 2.75) is 13.5 Å². The molecular weight excluding hydrogens is 330 g/mol. The van der Waals surface area contributed by atoms with Gasteiger partial charge < -0.3 is 15.1 Å². The summed E-state index contributed by atoms with van der Waals surface area (Å²) in [6.07, 6.45) is 3.38. The molecule has 0 aliphatic carbocycles. The van der Waals surface area contributed by atoms with Crippen LogP contribution in [0.1, 0.15) is 33.5 Å². The van der Waals surface area contributed by atoms with Gasteiger partial charge in [-0.15, -0.1) is 0 Å². The van der Waals surface area contributed by atoms with Gasteiger partial charge in [0.15, 0.2) is 0 Å². The Labute approximate surface area is 153 Å². The average molecular weight is 353 g/mol. The Morgan fingerprint density at radius 2 is 1.85 bits per heavy atom. The van der Waals surface area contributed by atoms with E-state index in [-0.39, 0.29) is 17.5 Å². The molecule has 7 heteroatoms. The van der Waals surface area contributed by atoms with E-state index in [0.29, 0.717) is 25.3 Å². The third-order valence-corrected chi connectivity index (χ3v) is 4.48. The minimum Gasteiger partial charge on any atom is -0.347 e. The summed E-state index contributed by atoms with van der Waals surface area (Å²) >= 11 is 0. The Balaban J connectivity index is 1.62. The number of carbonyl (C=O) groups excluding carboxylic acids is 2. The highest BCUT2D eigenvalue weighted by Crippen LogP contribution is 2.08. The third kappa shape index (κ3) is 4.43. The zero-order valence-electron chi connectivity index (χ0n) is 14.9. The molecule has 0 spiro atoms. The predicted octanol–water partition coefficient (Wildman–Crippen LogP) is 1.18. The van der Waals surface area contributed by atoms with E-state index in [1.54, 1.807) is 35.5 Å². The SMILES string of the molecule is CCN1CCN(C(=O)c2cccc(C(=O)NCc3cccnc3)n2)CC1. The molecule has 2 aromatic heterocycles. The van der Waals surface area contributed by atoms with Crippen molar-refractivity contribution in [3.8, 4) is 0 Å². The zero-order valence-corrected chi connectivity index (χ0v) is 14.9. The van der Waals surface area contributed by atoms with Crippen molar-refractivity contribution in [1.82, 2.24) is 25.1 Å². The molecule has 1 aliphatic rings. The summed E-state index contributed by atoms with van der Waals surface area (Å²) in [5.41, 5.74) is 1.46. The maximum Gasteiger partial charge on any atom is 0.272 e. The van der Waals surface area contributed by atoms with Crippen molar-refractivity contribution in [3.05, 3.63) is 59.7 Å². The van der Waals surface area contributed by atoms with Gasteiger partial charge in [-0.3, -0.25) is 14.6 Å². The first-order chi connectivity index (χ1) is 12.7. The fraction of sp³-hybridized carbons (Fsp3) is 0.368. The van der Waals surface area contributed by atoms with Crippen LogP contribution in [0.3, 0.4) is 0 Å². The monoisotopic (exact) mass is 353 g/mol. The Hall–Kier alpha value is -2.80. The van der Waals surface area contributed by atoms with Gasteiger partial charge in [-0.1, -0.05) is 19.1 Å². The molecule has 2 aromatic rings. The van der Waals surface area contributed by atoms with Crippen molar-refractivity contribution >= 4 is 11.8 Å². The predicted molar refractivity (Wildman–Crippen MR) is 97.7 cm³/mol. The van der Waals surface area contributed by atoms with Crippen LogP contribution in [0.5, 0.6) is 0 Å². The lowest BCUT2D eigenvalue weighted by atomic mass is 10.2. The lowest BCUT2D eigenvalue weighted by molar-refractivity contribution is 0.0637. The molecule has 3 rings (SSSR count). The first-order valence-electron chi connectivity index (χ1n) is 8.83. The number of nitrogens with one attached hydrogen (secondary N) is 1. The number of rotatable bonds is 5. The Morgan fingerprint density at radius 1 is 1.08 bits per heavy atom. The van der Waals surface area contributed by atoms with Gasteiger partial charge in [-0.05, 0) is 30.3 Å². The molecule has 0 radical (unpaired) electrons. The number of pyridine rings is 2. The zero-order chi connectivity index (χ0) is 18.4. The summed E-state index contributed by atoms with van der Waals surface area (Å²) in [6.45, 7) is 6.59. The number of amides is 2. The van der Waals surface area contributed by atoms with Crippen molar-refractivity contribution < 1.29 is 9.59 Å². The van der Waals surface area contributed by atoms with E-state index >= 15 is 0 Å². The molecular formula is C19H23N5O2. The highest BCUT2D eigenvalue weighted by atomic mass is 16.2. The summed E-state index contributed by atoms with van der Waals surface area (Å²) in [4.78, 5) is 37.4. The smallest absolute Gasteiger partial charge is 0.272 e. The van der Waals surface area contributed by atoms with Crippen LogP contribution < -0.4 is 5.32 Å². The van der Waals surface area contributed by atoms with Crippen molar-refractivity contribution in [1.29, 1.82) is 0 Å². The van der Waals surface area contributed by atoms with Gasteiger partial charge in [-0.25, -0.2) is 4.98 Å². The normalized spacial score (nSPS) is 14.9. The van der Waals surface area contributed by atoms with Crippen LogP contribution in [0, 0.1) is 0 Å². The minimum atomic E-state index is -0.306. The van der Waals surface area contributed by atoms with Crippen molar-refractivity contribution in [2.75, 3.05) is 32.7 Å². The van der Waals surface area contributed by atoms with Crippen LogP contribution in [0.2, 0.25) is 0 Å². The second-order valence-corrected chi connectivity index (χ2v) is 6.18. The Bertz CT molecular complexity index is 758. The largest absolute Gasteiger partial charge is 0.347 e. The van der Waals surface area contributed by atoms with E-state index in [4.69, 9.17) is 0 Å². The van der Waals surface area contributed by atoms with E-state index in [2.05, 4.69) is 27.1 Å². The standard InChI is InChI=1S/C19H23N5O2/c1-2-23-9-11-24(12-10-23)19(26)17-7-3-6-16(22-17)18(25)21-14-15-5-4-8-20-13-15/h3-8,13H,2,9-12,14H2,1H3,(H,21,25). The van der Waals surface area contributed by atoms with E-state index < -0.39 is 0 Å². The summed E-state index contributed by atoms with van der Waals surface area (Å²) < 4.78 is 0. The summed E-state index contributed by atoms with van der Waals surface area (Å²) in [5, 5.41) is 2.80. The van der Waals surface area contributed by atoms with E-state index in [0.717, 1.165) is 25.2 Å². The average Bonchev–Trinajstić information content (AvgIpc) is 2.72. The summed E-state index contributed by atoms with van der Waals surface area (Å²) in [7, 11) is 0. The molecule has 2 amide bonds. The van der Waals surface area contributed by atoms with E-state index in [1.807, 2.05) is 12.1 Å². The van der Waals surface area contributed by atoms with Crippen LogP contribution in [-0.2, 0) is 6.54 Å². The van der Waals surface area contributed by atoms with Crippen LogP contribution in [0.25, 0.3) is 0 Å². The molecule has 1 N–H and O–H groups in total. The Morgan fingerprint density at radius 3 is 2.54 bits per heavy atom. The topological polar surface area (TPSA) is 78.4 Å². The van der Waals surface area contributed by atoms with Gasteiger partial charge in [-0.2, -0.15) is 0 Å². The second kappa shape index (κ2) is 8.53. The first kappa shape index (κ1) is 18.0. The number of likely N-dealkylation sites (N-methyl/N-ethyl adjacent to an activating group) is 1. The molecule has 1 fully saturated rings. The quantitative estimate of drug-likeness (QED) is 0.873. The van der Waals surface area contributed by atoms with Gasteiger partial charge in [0, 0.05) is 45.1 Å². The van der Waals surface area contributed by atoms with Crippen molar-refractivity contribution in [3.63, 3.8) is 0 Å². The summed E-state index contributed by atoms with van der Waals surface area (Å²) in [5.74, 6) is -0.429. The highest BCUT2D eigenvalue weighted by Gasteiger charge is 2.22. The maximum atomic E-state index is 12.7. The van der Waals surface area contributed by atoms with Gasteiger partial charge in [0.05, 0.1) is 0 Å². The van der Waals surface area contributed by atoms with E-state index in [1.165, 1.54) is 0 Å². The molecule has 0 saturated carbocycles. The Kier molecular flexibility index (Phi) is 5.91. The molecule has 1 aliphatic heterocycles. The lowest BCUT2D eigenvalue weighted by Gasteiger charge is -2.33. The molecule has 3 heterocycles. The number of piperazine rings is 1. The molecule has 0 aromatic carbocycles. The maximum absolute atomic E-state index is 12.7. The number of carbonyl (C=O) groups is 2. The number of aromatic nitrogens is 2.